The van der Waals surface area contributed by atoms with Crippen LogP contribution < -0.4 is 5.32 Å². The van der Waals surface area contributed by atoms with Gasteiger partial charge in [0.15, 0.2) is 5.78 Å². The molecule has 1 aliphatic carbocycles. The first kappa shape index (κ1) is 23.5. The average molecular weight is 460 g/mol. The molecule has 0 amide bonds. The van der Waals surface area contributed by atoms with E-state index in [4.69, 9.17) is 9.47 Å². The van der Waals surface area contributed by atoms with Crippen molar-refractivity contribution < 1.29 is 23.9 Å². The van der Waals surface area contributed by atoms with Crippen LogP contribution in [0, 0.1) is 5.92 Å². The molecule has 34 heavy (non-hydrogen) atoms. The van der Waals surface area contributed by atoms with Crippen molar-refractivity contribution in [2.45, 2.75) is 39.0 Å². The molecule has 1 aliphatic heterocycles. The molecule has 0 saturated carbocycles. The first-order valence-corrected chi connectivity index (χ1v) is 11.7. The Morgan fingerprint density at radius 2 is 1.50 bits per heavy atom. The van der Waals surface area contributed by atoms with Gasteiger partial charge >= 0.3 is 11.9 Å². The average Bonchev–Trinajstić information content (AvgIpc) is 2.84. The van der Waals surface area contributed by atoms with Crippen LogP contribution in [0.25, 0.3) is 0 Å². The van der Waals surface area contributed by atoms with Crippen LogP contribution in [0.2, 0.25) is 0 Å². The van der Waals surface area contributed by atoms with E-state index in [0.29, 0.717) is 23.3 Å². The molecular formula is C28H29NO5. The fourth-order valence-corrected chi connectivity index (χ4v) is 5.01. The number of Topliss-reactive ketones (excluding diaryl/α,β-unsaturated/α-hetero) is 1. The molecule has 1 heterocycles. The van der Waals surface area contributed by atoms with Crippen LogP contribution in [-0.2, 0) is 23.9 Å². The van der Waals surface area contributed by atoms with Gasteiger partial charge in [0, 0.05) is 28.8 Å². The molecule has 2 aromatic carbocycles. The van der Waals surface area contributed by atoms with Crippen molar-refractivity contribution in [3.8, 4) is 0 Å². The molecule has 6 nitrogen and oxygen atoms in total. The molecule has 0 unspecified atom stereocenters. The van der Waals surface area contributed by atoms with Crippen molar-refractivity contribution in [2.75, 3.05) is 13.2 Å². The Bertz CT molecular complexity index is 1150. The Labute approximate surface area is 199 Å². The maximum atomic E-state index is 14.1. The minimum absolute atomic E-state index is 0.184. The quantitative estimate of drug-likeness (QED) is 0.509. The van der Waals surface area contributed by atoms with Gasteiger partial charge in [-0.3, -0.25) is 9.59 Å². The fourth-order valence-electron chi connectivity index (χ4n) is 5.01. The normalized spacial score (nSPS) is 22.1. The van der Waals surface area contributed by atoms with Gasteiger partial charge in [0.2, 0.25) is 0 Å². The van der Waals surface area contributed by atoms with Crippen LogP contribution >= 0.6 is 0 Å². The smallest absolute Gasteiger partial charge is 0.336 e. The molecular weight excluding hydrogens is 430 g/mol. The van der Waals surface area contributed by atoms with Crippen LogP contribution in [0.15, 0.2) is 83.2 Å². The number of rotatable bonds is 6. The van der Waals surface area contributed by atoms with Gasteiger partial charge in [0.25, 0.3) is 0 Å². The van der Waals surface area contributed by atoms with Crippen LogP contribution in [0.4, 0.5) is 0 Å². The topological polar surface area (TPSA) is 81.7 Å². The second kappa shape index (κ2) is 10.1. The van der Waals surface area contributed by atoms with Gasteiger partial charge in [-0.1, -0.05) is 60.7 Å². The van der Waals surface area contributed by atoms with Crippen molar-refractivity contribution in [1.29, 1.82) is 0 Å². The van der Waals surface area contributed by atoms with E-state index >= 15 is 0 Å². The Balaban J connectivity index is 1.88. The minimum Gasteiger partial charge on any atom is -0.465 e. The molecule has 0 aromatic heterocycles. The summed E-state index contributed by atoms with van der Waals surface area (Å²) in [5.41, 5.74) is 3.91. The number of nitrogens with one attached hydrogen (secondary N) is 1. The fraction of sp³-hybridized carbons (Fsp3) is 0.321. The third-order valence-corrected chi connectivity index (χ3v) is 6.42. The predicted molar refractivity (Wildman–Crippen MR) is 128 cm³/mol. The summed E-state index contributed by atoms with van der Waals surface area (Å²) in [6.07, 6.45) is 0.450. The van der Waals surface area contributed by atoms with Gasteiger partial charge in [-0.05, 0) is 38.3 Å². The SMILES string of the molecule is CCOC(=O)C1=C(C)NC2=C(C(=O)[C@@H](C(=O)OCC)[C@H](c3ccccc3)C2)[C@@H]1c1ccccc1. The molecule has 4 rings (SSSR count). The summed E-state index contributed by atoms with van der Waals surface area (Å²) in [5, 5.41) is 3.31. The maximum Gasteiger partial charge on any atom is 0.336 e. The molecule has 2 aromatic rings. The molecule has 0 saturated heterocycles. The summed E-state index contributed by atoms with van der Waals surface area (Å²) in [6, 6.07) is 19.0. The first-order chi connectivity index (χ1) is 16.5. The second-order valence-corrected chi connectivity index (χ2v) is 8.44. The highest BCUT2D eigenvalue weighted by Gasteiger charge is 2.49. The van der Waals surface area contributed by atoms with Gasteiger partial charge in [0.1, 0.15) is 5.92 Å². The third kappa shape index (κ3) is 4.28. The number of esters is 2. The third-order valence-electron chi connectivity index (χ3n) is 6.42. The molecule has 0 bridgehead atoms. The van der Waals surface area contributed by atoms with Crippen LogP contribution in [0.1, 0.15) is 50.2 Å². The van der Waals surface area contributed by atoms with E-state index in [1.165, 1.54) is 0 Å². The van der Waals surface area contributed by atoms with Gasteiger partial charge in [-0.25, -0.2) is 4.79 Å². The van der Waals surface area contributed by atoms with E-state index in [-0.39, 0.29) is 24.9 Å². The zero-order valence-electron chi connectivity index (χ0n) is 19.7. The zero-order chi connectivity index (χ0) is 24.2. The van der Waals surface area contributed by atoms with E-state index in [9.17, 15) is 14.4 Å². The molecule has 0 fully saturated rings. The standard InChI is InChI=1S/C28H29NO5/c1-4-33-27(31)22-17(3)29-21-16-20(18-12-8-6-9-13-18)24(28(32)34-5-2)26(30)25(21)23(22)19-14-10-7-11-15-19/h6-15,20,23-24,29H,4-5,16H2,1-3H3/t20-,23+,24-/m0/s1. The van der Waals surface area contributed by atoms with E-state index in [0.717, 1.165) is 16.8 Å². The summed E-state index contributed by atoms with van der Waals surface area (Å²) in [4.78, 5) is 40.2. The van der Waals surface area contributed by atoms with Crippen LogP contribution in [0.5, 0.6) is 0 Å². The number of ether oxygens (including phenoxy) is 2. The van der Waals surface area contributed by atoms with Gasteiger partial charge < -0.3 is 14.8 Å². The van der Waals surface area contributed by atoms with Crippen molar-refractivity contribution in [1.82, 2.24) is 5.32 Å². The predicted octanol–water partition coefficient (Wildman–Crippen LogP) is 4.40. The number of carbonyl (C=O) groups excluding carboxylic acids is 3. The number of benzene rings is 2. The van der Waals surface area contributed by atoms with Crippen LogP contribution in [-0.4, -0.2) is 30.9 Å². The summed E-state index contributed by atoms with van der Waals surface area (Å²) >= 11 is 0. The first-order valence-electron chi connectivity index (χ1n) is 11.7. The second-order valence-electron chi connectivity index (χ2n) is 8.44. The van der Waals surface area contributed by atoms with Crippen molar-refractivity contribution >= 4 is 17.7 Å². The number of carbonyl (C=O) groups is 3. The lowest BCUT2D eigenvalue weighted by Crippen LogP contribution is -2.43. The van der Waals surface area contributed by atoms with Gasteiger partial charge in [-0.15, -0.1) is 0 Å². The van der Waals surface area contributed by atoms with E-state index in [1.54, 1.807) is 13.8 Å². The highest BCUT2D eigenvalue weighted by Crippen LogP contribution is 2.48. The molecule has 3 atom stereocenters. The lowest BCUT2D eigenvalue weighted by Gasteiger charge is -2.39. The maximum absolute atomic E-state index is 14.1. The van der Waals surface area contributed by atoms with Gasteiger partial charge in [-0.2, -0.15) is 0 Å². The van der Waals surface area contributed by atoms with Gasteiger partial charge in [0.05, 0.1) is 18.8 Å². The molecule has 0 spiro atoms. The van der Waals surface area contributed by atoms with E-state index in [1.807, 2.05) is 67.6 Å². The number of hydrogen-bond donors (Lipinski definition) is 1. The highest BCUT2D eigenvalue weighted by atomic mass is 16.5. The minimum atomic E-state index is -0.990. The number of hydrogen-bond acceptors (Lipinski definition) is 6. The highest BCUT2D eigenvalue weighted by molar-refractivity contribution is 6.13. The van der Waals surface area contributed by atoms with Crippen LogP contribution in [0.3, 0.4) is 0 Å². The Morgan fingerprint density at radius 1 is 0.912 bits per heavy atom. The van der Waals surface area contributed by atoms with Crippen molar-refractivity contribution in [2.24, 2.45) is 5.92 Å². The molecule has 176 valence electrons. The lowest BCUT2D eigenvalue weighted by atomic mass is 9.67. The Morgan fingerprint density at radius 3 is 2.09 bits per heavy atom. The monoisotopic (exact) mass is 459 g/mol. The molecule has 2 aliphatic rings. The molecule has 6 heteroatoms. The summed E-state index contributed by atoms with van der Waals surface area (Å²) in [6.45, 7) is 5.71. The zero-order valence-corrected chi connectivity index (χ0v) is 19.7. The largest absolute Gasteiger partial charge is 0.465 e. The van der Waals surface area contributed by atoms with Crippen molar-refractivity contribution in [3.63, 3.8) is 0 Å². The number of ketones is 1. The lowest BCUT2D eigenvalue weighted by molar-refractivity contribution is -0.152. The van der Waals surface area contributed by atoms with E-state index in [2.05, 4.69) is 5.32 Å². The summed E-state index contributed by atoms with van der Waals surface area (Å²) in [7, 11) is 0. The number of dihydropyridines is 1. The summed E-state index contributed by atoms with van der Waals surface area (Å²) < 4.78 is 10.7. The van der Waals surface area contributed by atoms with Crippen molar-refractivity contribution in [3.05, 3.63) is 94.3 Å². The molecule has 1 N–H and O–H groups in total. The molecule has 0 radical (unpaired) electrons. The number of allylic oxidation sites excluding steroid dienone is 3. The van der Waals surface area contributed by atoms with E-state index < -0.39 is 23.8 Å². The Hall–Kier alpha value is -3.67. The Kier molecular flexibility index (Phi) is 6.96. The summed E-state index contributed by atoms with van der Waals surface area (Å²) in [5.74, 6) is -3.31.